The molecule has 2 atom stereocenters. The molecule has 0 fully saturated rings. The van der Waals surface area contributed by atoms with Gasteiger partial charge in [0.1, 0.15) is 0 Å². The van der Waals surface area contributed by atoms with Crippen molar-refractivity contribution in [1.82, 2.24) is 4.90 Å². The molecule has 0 aromatic heterocycles. The van der Waals surface area contributed by atoms with Gasteiger partial charge in [-0.25, -0.2) is 8.42 Å². The molecule has 2 rings (SSSR count). The summed E-state index contributed by atoms with van der Waals surface area (Å²) < 4.78 is 32.8. The van der Waals surface area contributed by atoms with Crippen LogP contribution in [0.15, 0.2) is 60.7 Å². The molecule has 0 aliphatic carbocycles. The molecular formula is C18H22NNaO5S. The molecule has 0 heterocycles. The average Bonchev–Trinajstić information content (AvgIpc) is 2.60. The largest absolute Gasteiger partial charge is 1.00 e. The van der Waals surface area contributed by atoms with Gasteiger partial charge in [0.2, 0.25) is 0 Å². The summed E-state index contributed by atoms with van der Waals surface area (Å²) in [5.41, 5.74) is 1.37. The van der Waals surface area contributed by atoms with Crippen LogP contribution < -0.4 is 29.6 Å². The second-order valence-corrected chi connectivity index (χ2v) is 7.40. The second-order valence-electron chi connectivity index (χ2n) is 5.87. The van der Waals surface area contributed by atoms with Crippen LogP contribution in [0.3, 0.4) is 0 Å². The smallest absolute Gasteiger partial charge is 0.748 e. The first-order valence-electron chi connectivity index (χ1n) is 7.97. The number of aliphatic hydroxyl groups is 2. The van der Waals surface area contributed by atoms with Crippen LogP contribution in [-0.2, 0) is 10.1 Å². The van der Waals surface area contributed by atoms with Gasteiger partial charge in [-0.05, 0) is 11.1 Å². The van der Waals surface area contributed by atoms with Gasteiger partial charge in [0.15, 0.2) is 0 Å². The van der Waals surface area contributed by atoms with Crippen molar-refractivity contribution in [3.63, 3.8) is 0 Å². The Morgan fingerprint density at radius 2 is 1.23 bits per heavy atom. The summed E-state index contributed by atoms with van der Waals surface area (Å²) in [7, 11) is -4.37. The molecule has 0 radical (unpaired) electrons. The van der Waals surface area contributed by atoms with Gasteiger partial charge in [-0.3, -0.25) is 4.90 Å². The van der Waals surface area contributed by atoms with E-state index in [0.29, 0.717) is 11.1 Å². The van der Waals surface area contributed by atoms with E-state index in [2.05, 4.69) is 0 Å². The van der Waals surface area contributed by atoms with Crippen molar-refractivity contribution < 1.29 is 52.7 Å². The van der Waals surface area contributed by atoms with Crippen LogP contribution in [-0.4, -0.2) is 53.5 Å². The van der Waals surface area contributed by atoms with E-state index in [4.69, 9.17) is 0 Å². The van der Waals surface area contributed by atoms with Crippen molar-refractivity contribution in [3.8, 4) is 0 Å². The van der Waals surface area contributed by atoms with Crippen LogP contribution in [0.4, 0.5) is 0 Å². The molecule has 6 nitrogen and oxygen atoms in total. The Kier molecular flexibility index (Phi) is 9.99. The zero-order valence-electron chi connectivity index (χ0n) is 14.7. The Morgan fingerprint density at radius 1 is 0.846 bits per heavy atom. The third-order valence-corrected chi connectivity index (χ3v) is 4.57. The minimum atomic E-state index is -4.37. The van der Waals surface area contributed by atoms with Gasteiger partial charge in [0, 0.05) is 19.6 Å². The monoisotopic (exact) mass is 387 g/mol. The molecule has 2 aromatic carbocycles. The first-order chi connectivity index (χ1) is 11.8. The van der Waals surface area contributed by atoms with E-state index in [1.165, 1.54) is 0 Å². The number of rotatable bonds is 9. The molecule has 0 bridgehead atoms. The third-order valence-electron chi connectivity index (χ3n) is 3.89. The summed E-state index contributed by atoms with van der Waals surface area (Å²) in [5, 5.41) is 20.7. The molecule has 136 valence electrons. The minimum absolute atomic E-state index is 0. The van der Waals surface area contributed by atoms with E-state index in [1.807, 2.05) is 12.1 Å². The summed E-state index contributed by atoms with van der Waals surface area (Å²) in [6.45, 7) is 0.173. The maximum Gasteiger partial charge on any atom is 1.00 e. The Bertz CT molecular complexity index is 695. The molecule has 8 heteroatoms. The Labute approximate surface area is 176 Å². The fraction of sp³-hybridized carbons (Fsp3) is 0.333. The Morgan fingerprint density at radius 3 is 1.58 bits per heavy atom. The predicted molar refractivity (Wildman–Crippen MR) is 93.8 cm³/mol. The van der Waals surface area contributed by atoms with Gasteiger partial charge in [0.05, 0.1) is 28.1 Å². The normalized spacial score (nSPS) is 13.8. The van der Waals surface area contributed by atoms with Crippen LogP contribution >= 0.6 is 0 Å². The minimum Gasteiger partial charge on any atom is -0.748 e. The summed E-state index contributed by atoms with van der Waals surface area (Å²) in [6, 6.07) is 17.9. The average molecular weight is 387 g/mol. The standard InChI is InChI=1S/C18H23NO5S.Na/c20-17(15-7-3-1-4-8-15)13-19(11-12-25(22,23)24)14-18(21)16-9-5-2-6-10-16;/h1-10,17-18,20-21H,11-14H2,(H,22,23,24);/q;+1/p-1. The van der Waals surface area contributed by atoms with Crippen LogP contribution in [0, 0.1) is 0 Å². The van der Waals surface area contributed by atoms with Crippen LogP contribution in [0.5, 0.6) is 0 Å². The summed E-state index contributed by atoms with van der Waals surface area (Å²) in [6.07, 6.45) is -1.70. The second kappa shape index (κ2) is 11.2. The van der Waals surface area contributed by atoms with E-state index in [9.17, 15) is 23.2 Å². The number of benzene rings is 2. The molecule has 0 aliphatic rings. The maximum absolute atomic E-state index is 10.9. The SMILES string of the molecule is O=S(=O)([O-])CCN(CC(O)c1ccccc1)CC(O)c1ccccc1.[Na+]. The Balaban J connectivity index is 0.00000338. The number of hydrogen-bond acceptors (Lipinski definition) is 6. The van der Waals surface area contributed by atoms with Crippen molar-refractivity contribution in [2.75, 3.05) is 25.4 Å². The maximum atomic E-state index is 10.9. The molecule has 0 spiro atoms. The summed E-state index contributed by atoms with van der Waals surface area (Å²) in [5.74, 6) is -0.573. The van der Waals surface area contributed by atoms with Crippen molar-refractivity contribution in [1.29, 1.82) is 0 Å². The summed E-state index contributed by atoms with van der Waals surface area (Å²) >= 11 is 0. The zero-order chi connectivity index (χ0) is 18.3. The molecule has 0 aliphatic heterocycles. The Hall–Kier alpha value is -0.770. The van der Waals surface area contributed by atoms with E-state index in [1.54, 1.807) is 53.4 Å². The van der Waals surface area contributed by atoms with Crippen LogP contribution in [0.2, 0.25) is 0 Å². The van der Waals surface area contributed by atoms with E-state index >= 15 is 0 Å². The summed E-state index contributed by atoms with van der Waals surface area (Å²) in [4.78, 5) is 1.59. The van der Waals surface area contributed by atoms with Crippen molar-refractivity contribution in [3.05, 3.63) is 71.8 Å². The first-order valence-corrected chi connectivity index (χ1v) is 9.55. The van der Waals surface area contributed by atoms with Gasteiger partial charge in [-0.2, -0.15) is 0 Å². The van der Waals surface area contributed by atoms with Crippen molar-refractivity contribution >= 4 is 10.1 Å². The van der Waals surface area contributed by atoms with Gasteiger partial charge in [0.25, 0.3) is 0 Å². The topological polar surface area (TPSA) is 101 Å². The number of nitrogens with zero attached hydrogens (tertiary/aromatic N) is 1. The molecule has 2 N–H and O–H groups in total. The van der Waals surface area contributed by atoms with Gasteiger partial charge in [-0.1, -0.05) is 60.7 Å². The molecule has 2 unspecified atom stereocenters. The fourth-order valence-corrected chi connectivity index (χ4v) is 3.03. The van der Waals surface area contributed by atoms with E-state index < -0.39 is 28.1 Å². The van der Waals surface area contributed by atoms with Gasteiger partial charge >= 0.3 is 29.6 Å². The predicted octanol–water partition coefficient (Wildman–Crippen LogP) is -1.70. The zero-order valence-corrected chi connectivity index (χ0v) is 17.5. The van der Waals surface area contributed by atoms with Crippen molar-refractivity contribution in [2.24, 2.45) is 0 Å². The van der Waals surface area contributed by atoms with Crippen LogP contribution in [0.1, 0.15) is 23.3 Å². The van der Waals surface area contributed by atoms with E-state index in [0.717, 1.165) is 0 Å². The van der Waals surface area contributed by atoms with E-state index in [-0.39, 0.29) is 49.2 Å². The number of hydrogen-bond donors (Lipinski definition) is 2. The molecule has 0 amide bonds. The third kappa shape index (κ3) is 8.28. The first kappa shape index (κ1) is 23.3. The van der Waals surface area contributed by atoms with Gasteiger partial charge in [-0.15, -0.1) is 0 Å². The molecular weight excluding hydrogens is 365 g/mol. The quantitative estimate of drug-likeness (QED) is 0.393. The molecule has 2 aromatic rings. The molecule has 26 heavy (non-hydrogen) atoms. The molecule has 0 saturated heterocycles. The van der Waals surface area contributed by atoms with Gasteiger partial charge < -0.3 is 14.8 Å². The molecule has 0 saturated carbocycles. The fourth-order valence-electron chi connectivity index (χ4n) is 2.55. The van der Waals surface area contributed by atoms with Crippen molar-refractivity contribution in [2.45, 2.75) is 12.2 Å². The number of aliphatic hydroxyl groups excluding tert-OH is 2. The van der Waals surface area contributed by atoms with Crippen LogP contribution in [0.25, 0.3) is 0 Å².